The van der Waals surface area contributed by atoms with E-state index in [2.05, 4.69) is 25.3 Å². The van der Waals surface area contributed by atoms with Crippen molar-refractivity contribution >= 4 is 22.6 Å². The minimum absolute atomic E-state index is 0.151. The van der Waals surface area contributed by atoms with Crippen LogP contribution in [0.3, 0.4) is 0 Å². The summed E-state index contributed by atoms with van der Waals surface area (Å²) in [6.07, 6.45) is 5.35. The van der Waals surface area contributed by atoms with Crippen molar-refractivity contribution in [3.8, 4) is 16.9 Å². The SMILES string of the molecule is Clc1nc(-n2cc(-c3ccccc3)cn2)c2cn[nH]c2n1. The van der Waals surface area contributed by atoms with Crippen molar-refractivity contribution in [1.82, 2.24) is 29.9 Å². The van der Waals surface area contributed by atoms with Gasteiger partial charge in [0.25, 0.3) is 0 Å². The summed E-state index contributed by atoms with van der Waals surface area (Å²) in [5.74, 6) is 0.598. The number of fused-ring (bicyclic) bond motifs is 1. The van der Waals surface area contributed by atoms with E-state index in [4.69, 9.17) is 11.6 Å². The predicted molar refractivity (Wildman–Crippen MR) is 79.3 cm³/mol. The van der Waals surface area contributed by atoms with E-state index in [1.54, 1.807) is 17.1 Å². The Kier molecular flexibility index (Phi) is 2.68. The maximum absolute atomic E-state index is 5.94. The Bertz CT molecular complexity index is 912. The lowest BCUT2D eigenvalue weighted by Crippen LogP contribution is -2.00. The van der Waals surface area contributed by atoms with Gasteiger partial charge in [-0.15, -0.1) is 0 Å². The van der Waals surface area contributed by atoms with Gasteiger partial charge in [-0.3, -0.25) is 5.10 Å². The second kappa shape index (κ2) is 4.68. The molecule has 0 bridgehead atoms. The van der Waals surface area contributed by atoms with Crippen molar-refractivity contribution in [3.05, 3.63) is 54.2 Å². The third kappa shape index (κ3) is 2.05. The summed E-state index contributed by atoms with van der Waals surface area (Å²) in [6.45, 7) is 0. The highest BCUT2D eigenvalue weighted by atomic mass is 35.5. The van der Waals surface area contributed by atoms with Crippen LogP contribution in [-0.2, 0) is 0 Å². The molecule has 0 unspecified atom stereocenters. The maximum Gasteiger partial charge on any atom is 0.226 e. The van der Waals surface area contributed by atoms with E-state index in [1.165, 1.54) is 0 Å². The lowest BCUT2D eigenvalue weighted by atomic mass is 10.1. The highest BCUT2D eigenvalue weighted by Crippen LogP contribution is 2.22. The first-order chi connectivity index (χ1) is 10.3. The number of nitrogens with one attached hydrogen (secondary N) is 1. The molecular formula is C14H9ClN6. The van der Waals surface area contributed by atoms with Gasteiger partial charge in [0.2, 0.25) is 5.28 Å². The number of hydrogen-bond donors (Lipinski definition) is 1. The summed E-state index contributed by atoms with van der Waals surface area (Å²) >= 11 is 5.94. The fourth-order valence-electron chi connectivity index (χ4n) is 2.19. The van der Waals surface area contributed by atoms with Crippen LogP contribution in [0.15, 0.2) is 48.9 Å². The Morgan fingerprint density at radius 2 is 1.86 bits per heavy atom. The monoisotopic (exact) mass is 296 g/mol. The molecule has 0 atom stereocenters. The van der Waals surface area contributed by atoms with Gasteiger partial charge in [-0.05, 0) is 17.2 Å². The van der Waals surface area contributed by atoms with Crippen LogP contribution in [0.5, 0.6) is 0 Å². The molecule has 21 heavy (non-hydrogen) atoms. The molecule has 0 fully saturated rings. The lowest BCUT2D eigenvalue weighted by Gasteiger charge is -2.01. The summed E-state index contributed by atoms with van der Waals surface area (Å²) in [5, 5.41) is 12.0. The quantitative estimate of drug-likeness (QED) is 0.577. The number of hydrogen-bond acceptors (Lipinski definition) is 4. The normalized spacial score (nSPS) is 11.1. The Morgan fingerprint density at radius 1 is 1.00 bits per heavy atom. The van der Waals surface area contributed by atoms with Gasteiger partial charge < -0.3 is 0 Å². The molecule has 6 nitrogen and oxygen atoms in total. The molecule has 0 saturated carbocycles. The Hall–Kier alpha value is -2.73. The van der Waals surface area contributed by atoms with Crippen LogP contribution >= 0.6 is 11.6 Å². The smallest absolute Gasteiger partial charge is 0.226 e. The zero-order chi connectivity index (χ0) is 14.2. The molecule has 7 heteroatoms. The molecule has 0 saturated heterocycles. The third-order valence-electron chi connectivity index (χ3n) is 3.17. The first-order valence-electron chi connectivity index (χ1n) is 6.28. The first-order valence-corrected chi connectivity index (χ1v) is 6.66. The number of rotatable bonds is 2. The van der Waals surface area contributed by atoms with Gasteiger partial charge in [-0.25, -0.2) is 4.68 Å². The van der Waals surface area contributed by atoms with E-state index < -0.39 is 0 Å². The van der Waals surface area contributed by atoms with E-state index in [0.29, 0.717) is 11.5 Å². The largest absolute Gasteiger partial charge is 0.261 e. The van der Waals surface area contributed by atoms with Gasteiger partial charge in [0.05, 0.1) is 17.8 Å². The van der Waals surface area contributed by atoms with Gasteiger partial charge in [0, 0.05) is 11.8 Å². The van der Waals surface area contributed by atoms with Crippen molar-refractivity contribution in [1.29, 1.82) is 0 Å². The highest BCUT2D eigenvalue weighted by molar-refractivity contribution is 6.28. The molecule has 3 aromatic heterocycles. The van der Waals surface area contributed by atoms with Gasteiger partial charge in [-0.2, -0.15) is 20.2 Å². The number of nitrogens with zero attached hydrogens (tertiary/aromatic N) is 5. The van der Waals surface area contributed by atoms with E-state index in [-0.39, 0.29) is 5.28 Å². The molecule has 102 valence electrons. The number of aromatic nitrogens is 6. The average Bonchev–Trinajstić information content (AvgIpc) is 3.16. The molecule has 0 amide bonds. The van der Waals surface area contributed by atoms with Gasteiger partial charge in [-0.1, -0.05) is 30.3 Å². The maximum atomic E-state index is 5.94. The van der Waals surface area contributed by atoms with Crippen LogP contribution in [0.25, 0.3) is 28.0 Å². The van der Waals surface area contributed by atoms with Crippen LogP contribution in [-0.4, -0.2) is 29.9 Å². The van der Waals surface area contributed by atoms with Crippen LogP contribution in [0.1, 0.15) is 0 Å². The molecule has 4 aromatic rings. The van der Waals surface area contributed by atoms with Crippen molar-refractivity contribution in [3.63, 3.8) is 0 Å². The summed E-state index contributed by atoms with van der Waals surface area (Å²) in [7, 11) is 0. The van der Waals surface area contributed by atoms with Gasteiger partial charge in [0.15, 0.2) is 11.5 Å². The minimum Gasteiger partial charge on any atom is -0.261 e. The molecule has 0 radical (unpaired) electrons. The second-order valence-corrected chi connectivity index (χ2v) is 4.83. The predicted octanol–water partition coefficient (Wildman–Crippen LogP) is 2.86. The molecule has 0 aliphatic carbocycles. The van der Waals surface area contributed by atoms with Crippen LogP contribution in [0, 0.1) is 0 Å². The van der Waals surface area contributed by atoms with E-state index in [1.807, 2.05) is 36.5 Å². The molecule has 1 N–H and O–H groups in total. The molecule has 4 rings (SSSR count). The van der Waals surface area contributed by atoms with E-state index in [0.717, 1.165) is 16.5 Å². The molecule has 0 aliphatic rings. The molecule has 0 aliphatic heterocycles. The zero-order valence-electron chi connectivity index (χ0n) is 10.7. The van der Waals surface area contributed by atoms with E-state index >= 15 is 0 Å². The summed E-state index contributed by atoms with van der Waals surface area (Å²) in [6, 6.07) is 10.0. The van der Waals surface area contributed by atoms with E-state index in [9.17, 15) is 0 Å². The molecule has 0 spiro atoms. The lowest BCUT2D eigenvalue weighted by molar-refractivity contribution is 0.851. The number of aromatic amines is 1. The Morgan fingerprint density at radius 3 is 2.71 bits per heavy atom. The van der Waals surface area contributed by atoms with Crippen LogP contribution < -0.4 is 0 Å². The standard InChI is InChI=1S/C14H9ClN6/c15-14-18-12-11(7-16-20-12)13(19-14)21-8-10(6-17-21)9-4-2-1-3-5-9/h1-8H,(H,16,18,19,20). The number of H-pyrrole nitrogens is 1. The number of benzene rings is 1. The first kappa shape index (κ1) is 12.0. The summed E-state index contributed by atoms with van der Waals surface area (Å²) < 4.78 is 1.67. The third-order valence-corrected chi connectivity index (χ3v) is 3.34. The molecular weight excluding hydrogens is 288 g/mol. The zero-order valence-corrected chi connectivity index (χ0v) is 11.5. The van der Waals surface area contributed by atoms with Crippen LogP contribution in [0.4, 0.5) is 0 Å². The minimum atomic E-state index is 0.151. The molecule has 3 heterocycles. The second-order valence-electron chi connectivity index (χ2n) is 4.49. The summed E-state index contributed by atoms with van der Waals surface area (Å²) in [5.41, 5.74) is 2.68. The Balaban J connectivity index is 1.87. The fraction of sp³-hybridized carbons (Fsp3) is 0. The van der Waals surface area contributed by atoms with Crippen molar-refractivity contribution in [2.24, 2.45) is 0 Å². The van der Waals surface area contributed by atoms with Crippen molar-refractivity contribution < 1.29 is 0 Å². The fourth-order valence-corrected chi connectivity index (χ4v) is 2.35. The van der Waals surface area contributed by atoms with Gasteiger partial charge in [0.1, 0.15) is 0 Å². The highest BCUT2D eigenvalue weighted by Gasteiger charge is 2.12. The van der Waals surface area contributed by atoms with Crippen molar-refractivity contribution in [2.45, 2.75) is 0 Å². The number of halogens is 1. The average molecular weight is 297 g/mol. The Labute approximate surface area is 124 Å². The van der Waals surface area contributed by atoms with Crippen LogP contribution in [0.2, 0.25) is 5.28 Å². The molecule has 1 aromatic carbocycles. The van der Waals surface area contributed by atoms with Crippen molar-refractivity contribution in [2.75, 3.05) is 0 Å². The topological polar surface area (TPSA) is 72.3 Å². The summed E-state index contributed by atoms with van der Waals surface area (Å²) in [4.78, 5) is 8.33. The van der Waals surface area contributed by atoms with Gasteiger partial charge >= 0.3 is 0 Å².